The van der Waals surface area contributed by atoms with Crippen LogP contribution in [0.25, 0.3) is 10.8 Å². The van der Waals surface area contributed by atoms with E-state index in [2.05, 4.69) is 20.5 Å². The minimum atomic E-state index is -4.75. The third kappa shape index (κ3) is 5.52. The van der Waals surface area contributed by atoms with Crippen molar-refractivity contribution in [2.45, 2.75) is 9.79 Å². The van der Waals surface area contributed by atoms with Gasteiger partial charge in [-0.3, -0.25) is 9.11 Å². The van der Waals surface area contributed by atoms with Crippen molar-refractivity contribution in [3.05, 3.63) is 72.8 Å². The number of nitrogens with two attached hydrogens (primary N) is 1. The van der Waals surface area contributed by atoms with Crippen LogP contribution in [0.3, 0.4) is 0 Å². The van der Waals surface area contributed by atoms with Gasteiger partial charge in [-0.2, -0.15) is 32.2 Å². The summed E-state index contributed by atoms with van der Waals surface area (Å²) in [5.74, 6) is -0.491. The summed E-state index contributed by atoms with van der Waals surface area (Å²) in [5, 5.41) is 26.9. The van der Waals surface area contributed by atoms with Gasteiger partial charge in [-0.05, 0) is 78.2 Å². The number of hydrogen-bond donors (Lipinski definition) is 4. The molecule has 4 rings (SSSR count). The first-order chi connectivity index (χ1) is 16.9. The van der Waals surface area contributed by atoms with E-state index in [-0.39, 0.29) is 16.0 Å². The Hall–Kier alpha value is -4.24. The first-order valence-electron chi connectivity index (χ1n) is 9.95. The molecule has 0 saturated heterocycles. The SMILES string of the molecule is Nc1ccc2c(O)c(N=Nc3ccc(N=Nc4ccc(S(=O)(=O)O)cc4)cc3)c(S(=O)(=O)O)cc2c1. The second kappa shape index (κ2) is 9.43. The van der Waals surface area contributed by atoms with E-state index in [1.54, 1.807) is 0 Å². The average molecular weight is 528 g/mol. The van der Waals surface area contributed by atoms with Gasteiger partial charge in [0.05, 0.1) is 22.0 Å². The van der Waals surface area contributed by atoms with Crippen LogP contribution in [0.5, 0.6) is 5.75 Å². The third-order valence-electron chi connectivity index (χ3n) is 4.88. The molecule has 184 valence electrons. The van der Waals surface area contributed by atoms with Crippen molar-refractivity contribution in [2.75, 3.05) is 5.73 Å². The van der Waals surface area contributed by atoms with Crippen LogP contribution in [-0.2, 0) is 20.2 Å². The summed E-state index contributed by atoms with van der Waals surface area (Å²) in [6, 6.07) is 16.8. The van der Waals surface area contributed by atoms with Crippen LogP contribution in [0.15, 0.2) is 103 Å². The highest BCUT2D eigenvalue weighted by Crippen LogP contribution is 2.41. The number of hydrogen-bond acceptors (Lipinski definition) is 10. The topological polar surface area (TPSA) is 204 Å². The van der Waals surface area contributed by atoms with Gasteiger partial charge in [-0.25, -0.2) is 0 Å². The van der Waals surface area contributed by atoms with E-state index >= 15 is 0 Å². The summed E-state index contributed by atoms with van der Waals surface area (Å²) in [7, 11) is -9.05. The molecule has 36 heavy (non-hydrogen) atoms. The highest BCUT2D eigenvalue weighted by atomic mass is 32.2. The van der Waals surface area contributed by atoms with E-state index in [0.29, 0.717) is 22.4 Å². The molecular formula is C22H17N5O7S2. The summed E-state index contributed by atoms with van der Waals surface area (Å²) < 4.78 is 64.6. The van der Waals surface area contributed by atoms with E-state index in [9.17, 15) is 26.5 Å². The van der Waals surface area contributed by atoms with Crippen LogP contribution < -0.4 is 5.73 Å². The van der Waals surface area contributed by atoms with Crippen molar-refractivity contribution in [3.8, 4) is 5.75 Å². The average Bonchev–Trinajstić information content (AvgIpc) is 2.81. The minimum Gasteiger partial charge on any atom is -0.505 e. The van der Waals surface area contributed by atoms with Crippen molar-refractivity contribution >= 4 is 59.4 Å². The zero-order chi connectivity index (χ0) is 26.1. The number of rotatable bonds is 6. The van der Waals surface area contributed by atoms with Gasteiger partial charge in [0, 0.05) is 11.1 Å². The molecule has 0 saturated carbocycles. The molecule has 0 spiro atoms. The van der Waals surface area contributed by atoms with Crippen molar-refractivity contribution in [1.82, 2.24) is 0 Å². The number of benzene rings is 4. The third-order valence-corrected chi connectivity index (χ3v) is 6.62. The fourth-order valence-corrected chi connectivity index (χ4v) is 4.30. The largest absolute Gasteiger partial charge is 0.505 e. The van der Waals surface area contributed by atoms with Crippen LogP contribution >= 0.6 is 0 Å². The van der Waals surface area contributed by atoms with Crippen molar-refractivity contribution < 1.29 is 31.0 Å². The number of azo groups is 2. The van der Waals surface area contributed by atoms with Crippen LogP contribution in [0.2, 0.25) is 0 Å². The van der Waals surface area contributed by atoms with Crippen LogP contribution in [0.4, 0.5) is 28.4 Å². The summed E-state index contributed by atoms with van der Waals surface area (Å²) in [4.78, 5) is -0.901. The molecule has 5 N–H and O–H groups in total. The fraction of sp³-hybridized carbons (Fsp3) is 0. The highest BCUT2D eigenvalue weighted by Gasteiger charge is 2.22. The Balaban J connectivity index is 1.60. The fourth-order valence-electron chi connectivity index (χ4n) is 3.16. The second-order valence-electron chi connectivity index (χ2n) is 7.41. The normalized spacial score (nSPS) is 12.6. The maximum Gasteiger partial charge on any atom is 0.296 e. The van der Waals surface area contributed by atoms with Crippen LogP contribution in [0.1, 0.15) is 0 Å². The monoisotopic (exact) mass is 527 g/mol. The molecule has 12 nitrogen and oxygen atoms in total. The predicted octanol–water partition coefficient (Wildman–Crippen LogP) is 5.45. The van der Waals surface area contributed by atoms with Crippen LogP contribution in [-0.4, -0.2) is 31.0 Å². The van der Waals surface area contributed by atoms with E-state index < -0.39 is 36.6 Å². The van der Waals surface area contributed by atoms with Gasteiger partial charge in [0.25, 0.3) is 20.2 Å². The zero-order valence-electron chi connectivity index (χ0n) is 18.1. The molecule has 0 amide bonds. The summed E-state index contributed by atoms with van der Waals surface area (Å²) in [5.41, 5.74) is 6.65. The predicted molar refractivity (Wildman–Crippen MR) is 131 cm³/mol. The molecule has 0 atom stereocenters. The molecule has 0 radical (unpaired) electrons. The molecule has 0 aliphatic rings. The smallest absolute Gasteiger partial charge is 0.296 e. The Bertz CT molecular complexity index is 1730. The Labute approximate surface area is 205 Å². The lowest BCUT2D eigenvalue weighted by molar-refractivity contribution is 0.472. The van der Waals surface area contributed by atoms with Gasteiger partial charge in [0.1, 0.15) is 10.6 Å². The molecule has 0 aliphatic carbocycles. The number of phenolic OH excluding ortho intramolecular Hbond substituents is 1. The van der Waals surface area contributed by atoms with Gasteiger partial charge in [0.15, 0.2) is 5.75 Å². The summed E-state index contributed by atoms with van der Waals surface area (Å²) >= 11 is 0. The molecule has 0 fully saturated rings. The molecular weight excluding hydrogens is 510 g/mol. The first-order valence-corrected chi connectivity index (χ1v) is 12.8. The van der Waals surface area contributed by atoms with Crippen molar-refractivity contribution in [1.29, 1.82) is 0 Å². The molecule has 14 heteroatoms. The molecule has 4 aromatic carbocycles. The van der Waals surface area contributed by atoms with Gasteiger partial charge >= 0.3 is 0 Å². The molecule has 0 heterocycles. The molecule has 4 aromatic rings. The van der Waals surface area contributed by atoms with Crippen molar-refractivity contribution in [3.63, 3.8) is 0 Å². The highest BCUT2D eigenvalue weighted by molar-refractivity contribution is 7.86. The maximum absolute atomic E-state index is 11.9. The maximum atomic E-state index is 11.9. The first kappa shape index (κ1) is 24.9. The van der Waals surface area contributed by atoms with Gasteiger partial charge in [-0.15, -0.1) is 5.11 Å². The number of nitrogens with zero attached hydrogens (tertiary/aromatic N) is 4. The summed E-state index contributed by atoms with van der Waals surface area (Å²) in [6.07, 6.45) is 0. The molecule has 0 aliphatic heterocycles. The lowest BCUT2D eigenvalue weighted by Gasteiger charge is -2.09. The Kier molecular flexibility index (Phi) is 6.51. The molecule has 0 unspecified atom stereocenters. The van der Waals surface area contributed by atoms with Gasteiger partial charge in [-0.1, -0.05) is 0 Å². The lowest BCUT2D eigenvalue weighted by atomic mass is 10.1. The van der Waals surface area contributed by atoms with Gasteiger partial charge < -0.3 is 10.8 Å². The van der Waals surface area contributed by atoms with E-state index in [0.717, 1.165) is 6.07 Å². The zero-order valence-corrected chi connectivity index (χ0v) is 19.7. The van der Waals surface area contributed by atoms with E-state index in [4.69, 9.17) is 10.3 Å². The standard InChI is InChI=1S/C22H17N5O7S2/c23-14-1-10-19-13(11-14)12-20(36(32,33)34)21(22(19)28)27-26-16-4-2-15(3-5-16)24-25-17-6-8-18(9-7-17)35(29,30)31/h1-12,28H,23H2,(H,29,30,31)(H,32,33,34). The Morgan fingerprint density at radius 2 is 1.14 bits per heavy atom. The molecule has 0 aromatic heterocycles. The Morgan fingerprint density at radius 3 is 1.64 bits per heavy atom. The number of anilines is 1. The van der Waals surface area contributed by atoms with E-state index in [1.165, 1.54) is 66.7 Å². The quantitative estimate of drug-likeness (QED) is 0.144. The number of fused-ring (bicyclic) bond motifs is 1. The number of nitrogen functional groups attached to an aromatic ring is 1. The Morgan fingerprint density at radius 1 is 0.639 bits per heavy atom. The second-order valence-corrected chi connectivity index (χ2v) is 10.2. The lowest BCUT2D eigenvalue weighted by Crippen LogP contribution is -1.99. The van der Waals surface area contributed by atoms with Crippen molar-refractivity contribution in [2.24, 2.45) is 20.5 Å². The van der Waals surface area contributed by atoms with E-state index in [1.807, 2.05) is 0 Å². The number of aromatic hydroxyl groups is 1. The minimum absolute atomic E-state index is 0.269. The van der Waals surface area contributed by atoms with Gasteiger partial charge in [0.2, 0.25) is 0 Å². The molecule has 0 bridgehead atoms. The van der Waals surface area contributed by atoms with Crippen LogP contribution in [0, 0.1) is 0 Å². The number of phenols is 1. The summed E-state index contributed by atoms with van der Waals surface area (Å²) in [6.45, 7) is 0.